The van der Waals surface area contributed by atoms with Crippen molar-refractivity contribution in [3.8, 4) is 11.5 Å². The molecule has 0 unspecified atom stereocenters. The molecule has 0 saturated carbocycles. The Hall–Kier alpha value is -2.73. The van der Waals surface area contributed by atoms with E-state index in [1.54, 1.807) is 14.2 Å². The summed E-state index contributed by atoms with van der Waals surface area (Å²) in [5.74, 6) is 2.55. The summed E-state index contributed by atoms with van der Waals surface area (Å²) in [6.45, 7) is 5.27. The van der Waals surface area contributed by atoms with Crippen molar-refractivity contribution < 1.29 is 14.2 Å². The first-order valence-corrected chi connectivity index (χ1v) is 9.62. The molecule has 0 bridgehead atoms. The van der Waals surface area contributed by atoms with Gasteiger partial charge in [-0.3, -0.25) is 4.99 Å². The molecule has 0 fully saturated rings. The van der Waals surface area contributed by atoms with Crippen LogP contribution in [0, 0.1) is 0 Å². The van der Waals surface area contributed by atoms with Crippen LogP contribution in [0.25, 0.3) is 0 Å². The zero-order valence-electron chi connectivity index (χ0n) is 17.0. The number of para-hydroxylation sites is 2. The van der Waals surface area contributed by atoms with Gasteiger partial charge < -0.3 is 24.8 Å². The lowest BCUT2D eigenvalue weighted by Crippen LogP contribution is -2.38. The van der Waals surface area contributed by atoms with Crippen molar-refractivity contribution in [2.75, 3.05) is 40.5 Å². The standard InChI is InChI=1S/C22H31N3O3/c1-4-23-22(24-14-13-18-9-5-7-11-20(18)26-2)25-15-16-28-17-19-10-6-8-12-21(19)27-3/h5-12H,4,13-17H2,1-3H3,(H2,23,24,25). The molecule has 6 heteroatoms. The Morgan fingerprint density at radius 3 is 2.21 bits per heavy atom. The van der Waals surface area contributed by atoms with Gasteiger partial charge in [-0.1, -0.05) is 36.4 Å². The van der Waals surface area contributed by atoms with Crippen LogP contribution >= 0.6 is 0 Å². The average molecular weight is 386 g/mol. The molecule has 0 saturated heterocycles. The highest BCUT2D eigenvalue weighted by Crippen LogP contribution is 2.18. The summed E-state index contributed by atoms with van der Waals surface area (Å²) in [7, 11) is 3.37. The van der Waals surface area contributed by atoms with E-state index in [0.717, 1.165) is 42.5 Å². The maximum absolute atomic E-state index is 5.74. The second-order valence-electron chi connectivity index (χ2n) is 6.11. The number of nitrogens with zero attached hydrogens (tertiary/aromatic N) is 1. The quantitative estimate of drug-likeness (QED) is 0.354. The summed E-state index contributed by atoms with van der Waals surface area (Å²) in [5.41, 5.74) is 2.21. The van der Waals surface area contributed by atoms with Gasteiger partial charge in [0.05, 0.1) is 34.0 Å². The van der Waals surface area contributed by atoms with Crippen LogP contribution in [0.5, 0.6) is 11.5 Å². The third-order valence-corrected chi connectivity index (χ3v) is 4.18. The van der Waals surface area contributed by atoms with E-state index >= 15 is 0 Å². The van der Waals surface area contributed by atoms with Gasteiger partial charge in [0.2, 0.25) is 0 Å². The van der Waals surface area contributed by atoms with Crippen molar-refractivity contribution in [2.24, 2.45) is 4.99 Å². The molecule has 152 valence electrons. The molecule has 2 aromatic rings. The first-order chi connectivity index (χ1) is 13.8. The van der Waals surface area contributed by atoms with Gasteiger partial charge in [0, 0.05) is 18.7 Å². The van der Waals surface area contributed by atoms with Crippen molar-refractivity contribution in [1.82, 2.24) is 10.6 Å². The molecular formula is C22H31N3O3. The Bertz CT molecular complexity index is 734. The molecule has 0 aliphatic rings. The highest BCUT2D eigenvalue weighted by atomic mass is 16.5. The first-order valence-electron chi connectivity index (χ1n) is 9.62. The smallest absolute Gasteiger partial charge is 0.191 e. The van der Waals surface area contributed by atoms with Crippen LogP contribution in [-0.4, -0.2) is 46.4 Å². The molecule has 0 atom stereocenters. The first kappa shape index (κ1) is 21.6. The van der Waals surface area contributed by atoms with Gasteiger partial charge in [-0.15, -0.1) is 0 Å². The van der Waals surface area contributed by atoms with Gasteiger partial charge >= 0.3 is 0 Å². The minimum atomic E-state index is 0.511. The normalized spacial score (nSPS) is 11.2. The summed E-state index contributed by atoms with van der Waals surface area (Å²) >= 11 is 0. The van der Waals surface area contributed by atoms with Crippen LogP contribution in [0.1, 0.15) is 18.1 Å². The zero-order valence-corrected chi connectivity index (χ0v) is 17.0. The molecule has 0 amide bonds. The van der Waals surface area contributed by atoms with E-state index in [-0.39, 0.29) is 0 Å². The molecule has 0 aliphatic heterocycles. The molecule has 0 aliphatic carbocycles. The number of guanidine groups is 1. The monoisotopic (exact) mass is 385 g/mol. The Kier molecular flexibility index (Phi) is 9.72. The molecule has 2 aromatic carbocycles. The number of aliphatic imine (C=N–C) groups is 1. The highest BCUT2D eigenvalue weighted by Gasteiger charge is 2.03. The van der Waals surface area contributed by atoms with Gasteiger partial charge in [0.15, 0.2) is 5.96 Å². The van der Waals surface area contributed by atoms with E-state index < -0.39 is 0 Å². The predicted molar refractivity (Wildman–Crippen MR) is 113 cm³/mol. The van der Waals surface area contributed by atoms with Crippen LogP contribution in [0.15, 0.2) is 53.5 Å². The summed E-state index contributed by atoms with van der Waals surface area (Å²) in [6, 6.07) is 15.9. The molecule has 0 aromatic heterocycles. The largest absolute Gasteiger partial charge is 0.496 e. The van der Waals surface area contributed by atoms with Crippen molar-refractivity contribution in [3.05, 3.63) is 59.7 Å². The van der Waals surface area contributed by atoms with E-state index in [2.05, 4.69) is 28.6 Å². The summed E-state index contributed by atoms with van der Waals surface area (Å²) in [6.07, 6.45) is 0.860. The predicted octanol–water partition coefficient (Wildman–Crippen LogP) is 3.02. The summed E-state index contributed by atoms with van der Waals surface area (Å²) in [4.78, 5) is 4.57. The van der Waals surface area contributed by atoms with Gasteiger partial charge in [-0.25, -0.2) is 0 Å². The van der Waals surface area contributed by atoms with Crippen LogP contribution < -0.4 is 20.1 Å². The maximum Gasteiger partial charge on any atom is 0.191 e. The molecule has 0 heterocycles. The van der Waals surface area contributed by atoms with Crippen LogP contribution in [0.2, 0.25) is 0 Å². The van der Waals surface area contributed by atoms with Gasteiger partial charge in [-0.2, -0.15) is 0 Å². The lowest BCUT2D eigenvalue weighted by molar-refractivity contribution is 0.126. The minimum Gasteiger partial charge on any atom is -0.496 e. The van der Waals surface area contributed by atoms with Crippen molar-refractivity contribution in [3.63, 3.8) is 0 Å². The second kappa shape index (κ2) is 12.6. The fraction of sp³-hybridized carbons (Fsp3) is 0.409. The molecule has 6 nitrogen and oxygen atoms in total. The van der Waals surface area contributed by atoms with Crippen molar-refractivity contribution >= 4 is 5.96 Å². The lowest BCUT2D eigenvalue weighted by Gasteiger charge is -2.13. The van der Waals surface area contributed by atoms with Gasteiger partial charge in [0.1, 0.15) is 11.5 Å². The molecular weight excluding hydrogens is 354 g/mol. The van der Waals surface area contributed by atoms with Crippen LogP contribution in [0.3, 0.4) is 0 Å². The number of ether oxygens (including phenoxy) is 3. The van der Waals surface area contributed by atoms with Gasteiger partial charge in [-0.05, 0) is 31.0 Å². The Morgan fingerprint density at radius 2 is 1.54 bits per heavy atom. The molecule has 0 spiro atoms. The molecule has 2 N–H and O–H groups in total. The molecule has 2 rings (SSSR count). The van der Waals surface area contributed by atoms with Gasteiger partial charge in [0.25, 0.3) is 0 Å². The Labute approximate surface area is 167 Å². The number of hydrogen-bond donors (Lipinski definition) is 2. The minimum absolute atomic E-state index is 0.511. The Balaban J connectivity index is 1.75. The van der Waals surface area contributed by atoms with E-state index in [1.165, 1.54) is 5.56 Å². The van der Waals surface area contributed by atoms with E-state index in [9.17, 15) is 0 Å². The fourth-order valence-corrected chi connectivity index (χ4v) is 2.79. The van der Waals surface area contributed by atoms with Crippen LogP contribution in [-0.2, 0) is 17.8 Å². The third kappa shape index (κ3) is 7.12. The summed E-state index contributed by atoms with van der Waals surface area (Å²) in [5, 5.41) is 6.61. The molecule has 28 heavy (non-hydrogen) atoms. The van der Waals surface area contributed by atoms with E-state index in [1.807, 2.05) is 42.5 Å². The average Bonchev–Trinajstić information content (AvgIpc) is 2.74. The number of hydrogen-bond acceptors (Lipinski definition) is 4. The second-order valence-corrected chi connectivity index (χ2v) is 6.11. The maximum atomic E-state index is 5.74. The number of methoxy groups -OCH3 is 2. The van der Waals surface area contributed by atoms with Crippen molar-refractivity contribution in [1.29, 1.82) is 0 Å². The lowest BCUT2D eigenvalue weighted by atomic mass is 10.1. The highest BCUT2D eigenvalue weighted by molar-refractivity contribution is 5.79. The fourth-order valence-electron chi connectivity index (χ4n) is 2.79. The van der Waals surface area contributed by atoms with E-state index in [0.29, 0.717) is 19.8 Å². The summed E-state index contributed by atoms with van der Waals surface area (Å²) < 4.78 is 16.5. The zero-order chi connectivity index (χ0) is 20.0. The SMILES string of the molecule is CCNC(=NCCOCc1ccccc1OC)NCCc1ccccc1OC. The topological polar surface area (TPSA) is 64.1 Å². The van der Waals surface area contributed by atoms with E-state index in [4.69, 9.17) is 14.2 Å². The number of nitrogens with one attached hydrogen (secondary N) is 2. The Morgan fingerprint density at radius 1 is 0.893 bits per heavy atom. The number of rotatable bonds is 11. The molecule has 0 radical (unpaired) electrons. The third-order valence-electron chi connectivity index (χ3n) is 4.18. The number of benzene rings is 2. The van der Waals surface area contributed by atoms with Crippen LogP contribution in [0.4, 0.5) is 0 Å². The van der Waals surface area contributed by atoms with Crippen molar-refractivity contribution in [2.45, 2.75) is 20.0 Å².